The lowest BCUT2D eigenvalue weighted by atomic mass is 10.1. The van der Waals surface area contributed by atoms with Crippen LogP contribution in [0.25, 0.3) is 0 Å². The van der Waals surface area contributed by atoms with E-state index < -0.39 is 16.0 Å². The summed E-state index contributed by atoms with van der Waals surface area (Å²) in [7, 11) is -0.465. The van der Waals surface area contributed by atoms with Crippen molar-refractivity contribution >= 4 is 33.2 Å². The van der Waals surface area contributed by atoms with E-state index in [4.69, 9.17) is 9.47 Å². The third-order valence-corrected chi connectivity index (χ3v) is 9.56. The van der Waals surface area contributed by atoms with E-state index in [-0.39, 0.29) is 21.7 Å². The number of sulfonamides is 1. The normalized spacial score (nSPS) is 19.2. The molecule has 0 spiro atoms. The maximum Gasteiger partial charge on any atom is 0.349 e. The number of likely N-dealkylation sites (N-methyl/N-ethyl adjacent to an activating group) is 1. The van der Waals surface area contributed by atoms with Crippen molar-refractivity contribution in [2.45, 2.75) is 30.3 Å². The van der Waals surface area contributed by atoms with Crippen LogP contribution in [-0.2, 0) is 26.1 Å². The molecule has 202 valence electrons. The minimum Gasteiger partial charge on any atom is -0.492 e. The van der Waals surface area contributed by atoms with Gasteiger partial charge in [0.25, 0.3) is 0 Å². The van der Waals surface area contributed by atoms with Crippen molar-refractivity contribution in [3.8, 4) is 5.75 Å². The number of nitrogens with zero attached hydrogens (tertiary/aromatic N) is 3. The van der Waals surface area contributed by atoms with Crippen LogP contribution in [0.3, 0.4) is 0 Å². The van der Waals surface area contributed by atoms with Crippen molar-refractivity contribution in [3.05, 3.63) is 46.2 Å². The number of nitrogens with one attached hydrogen (secondary N) is 1. The molecular formula is C25H34N4O6S2. The van der Waals surface area contributed by atoms with E-state index in [2.05, 4.69) is 21.2 Å². The predicted molar refractivity (Wildman–Crippen MR) is 140 cm³/mol. The second kappa shape index (κ2) is 12.4. The van der Waals surface area contributed by atoms with Gasteiger partial charge in [0, 0.05) is 58.3 Å². The highest BCUT2D eigenvalue weighted by atomic mass is 32.2. The van der Waals surface area contributed by atoms with Gasteiger partial charge in [0.05, 0.1) is 7.11 Å². The largest absolute Gasteiger partial charge is 0.492 e. The molecular weight excluding hydrogens is 516 g/mol. The Kier molecular flexibility index (Phi) is 9.19. The number of methoxy groups -OCH3 is 1. The quantitative estimate of drug-likeness (QED) is 0.421. The number of esters is 1. The molecule has 2 aliphatic rings. The Balaban J connectivity index is 1.21. The second-order valence-corrected chi connectivity index (χ2v) is 12.2. The highest BCUT2D eigenvalue weighted by Crippen LogP contribution is 2.26. The Bertz CT molecular complexity index is 1190. The molecule has 1 aromatic carbocycles. The first-order chi connectivity index (χ1) is 17.8. The number of amides is 1. The molecule has 37 heavy (non-hydrogen) atoms. The Hall–Kier alpha value is -2.51. The zero-order valence-corrected chi connectivity index (χ0v) is 22.9. The van der Waals surface area contributed by atoms with Crippen molar-refractivity contribution in [1.29, 1.82) is 0 Å². The van der Waals surface area contributed by atoms with Crippen LogP contribution >= 0.6 is 11.3 Å². The van der Waals surface area contributed by atoms with Crippen LogP contribution < -0.4 is 10.1 Å². The van der Waals surface area contributed by atoms with Crippen molar-refractivity contribution in [2.24, 2.45) is 0 Å². The number of thiophene rings is 1. The summed E-state index contributed by atoms with van der Waals surface area (Å²) in [5.41, 5.74) is 1.14. The number of benzene rings is 1. The first kappa shape index (κ1) is 27.5. The van der Waals surface area contributed by atoms with E-state index in [1.54, 1.807) is 5.38 Å². The molecule has 2 aromatic rings. The lowest BCUT2D eigenvalue weighted by Gasteiger charge is -2.33. The summed E-state index contributed by atoms with van der Waals surface area (Å²) in [5, 5.41) is 4.60. The van der Waals surface area contributed by atoms with Gasteiger partial charge < -0.3 is 19.7 Å². The number of piperazine rings is 1. The number of rotatable bonds is 11. The molecule has 10 nitrogen and oxygen atoms in total. The number of hydrogen-bond acceptors (Lipinski definition) is 9. The standard InChI is InChI=1S/C25H34N4O6S2/c1-27(18-20-6-7-23(30)26-20)17-19-4-3-5-21(16-19)35-14-13-28-9-11-29(12-10-28)37(32,33)22-8-15-36-24(22)25(31)34-2/h3-5,8,15-16,20H,6-7,9-14,17-18H2,1-2H3,(H,26,30). The Labute approximate surface area is 222 Å². The monoisotopic (exact) mass is 550 g/mol. The zero-order valence-electron chi connectivity index (χ0n) is 21.2. The van der Waals surface area contributed by atoms with Crippen LogP contribution in [0.15, 0.2) is 40.6 Å². The van der Waals surface area contributed by atoms with E-state index in [1.165, 1.54) is 17.5 Å². The van der Waals surface area contributed by atoms with Crippen molar-refractivity contribution in [3.63, 3.8) is 0 Å². The third-order valence-electron chi connectivity index (χ3n) is 6.59. The fourth-order valence-corrected chi connectivity index (χ4v) is 7.40. The van der Waals surface area contributed by atoms with Crippen LogP contribution in [0.5, 0.6) is 5.75 Å². The number of carbonyl (C=O) groups excluding carboxylic acids is 2. The summed E-state index contributed by atoms with van der Waals surface area (Å²) in [5.74, 6) is 0.295. The Morgan fingerprint density at radius 3 is 2.70 bits per heavy atom. The van der Waals surface area contributed by atoms with Gasteiger partial charge in [-0.2, -0.15) is 4.31 Å². The maximum atomic E-state index is 13.1. The van der Waals surface area contributed by atoms with Crippen LogP contribution in [0, 0.1) is 0 Å². The fraction of sp³-hybridized carbons (Fsp3) is 0.520. The first-order valence-electron chi connectivity index (χ1n) is 12.3. The number of carbonyl (C=O) groups is 2. The van der Waals surface area contributed by atoms with Crippen LogP contribution in [0.2, 0.25) is 0 Å². The van der Waals surface area contributed by atoms with Gasteiger partial charge >= 0.3 is 5.97 Å². The van der Waals surface area contributed by atoms with E-state index in [1.807, 2.05) is 25.2 Å². The average molecular weight is 551 g/mol. The molecule has 1 N–H and O–H groups in total. The molecule has 0 bridgehead atoms. The van der Waals surface area contributed by atoms with Gasteiger partial charge in [-0.15, -0.1) is 11.3 Å². The van der Waals surface area contributed by atoms with Gasteiger partial charge in [-0.25, -0.2) is 13.2 Å². The third kappa shape index (κ3) is 7.08. The Morgan fingerprint density at radius 2 is 2.00 bits per heavy atom. The summed E-state index contributed by atoms with van der Waals surface area (Å²) in [4.78, 5) is 27.8. The van der Waals surface area contributed by atoms with Crippen LogP contribution in [-0.4, -0.2) is 100 Å². The lowest BCUT2D eigenvalue weighted by molar-refractivity contribution is -0.119. The van der Waals surface area contributed by atoms with Gasteiger partial charge in [-0.3, -0.25) is 9.69 Å². The minimum atomic E-state index is -3.76. The Morgan fingerprint density at radius 1 is 1.22 bits per heavy atom. The summed E-state index contributed by atoms with van der Waals surface area (Å²) in [6.45, 7) is 4.63. The summed E-state index contributed by atoms with van der Waals surface area (Å²) in [6.07, 6.45) is 1.49. The SMILES string of the molecule is COC(=O)c1sccc1S(=O)(=O)N1CCN(CCOc2cccc(CN(C)CC3CCC(=O)N3)c2)CC1. The molecule has 1 aromatic heterocycles. The molecule has 0 aliphatic carbocycles. The van der Waals surface area contributed by atoms with Gasteiger partial charge in [-0.05, 0) is 42.6 Å². The molecule has 2 fully saturated rings. The van der Waals surface area contributed by atoms with Crippen LogP contribution in [0.4, 0.5) is 0 Å². The van der Waals surface area contributed by atoms with Crippen molar-refractivity contribution in [2.75, 3.05) is 60.0 Å². The minimum absolute atomic E-state index is 0.0136. The second-order valence-electron chi connectivity index (χ2n) is 9.35. The maximum absolute atomic E-state index is 13.1. The van der Waals surface area contributed by atoms with E-state index >= 15 is 0 Å². The number of hydrogen-bond donors (Lipinski definition) is 1. The van der Waals surface area contributed by atoms with Gasteiger partial charge in [0.15, 0.2) is 0 Å². The van der Waals surface area contributed by atoms with E-state index in [0.29, 0.717) is 45.8 Å². The average Bonchev–Trinajstić information content (AvgIpc) is 3.54. The lowest BCUT2D eigenvalue weighted by Crippen LogP contribution is -2.49. The molecule has 0 radical (unpaired) electrons. The van der Waals surface area contributed by atoms with E-state index in [0.717, 1.165) is 42.2 Å². The van der Waals surface area contributed by atoms with Gasteiger partial charge in [0.1, 0.15) is 22.1 Å². The molecule has 1 unspecified atom stereocenters. The molecule has 1 amide bonds. The topological polar surface area (TPSA) is 108 Å². The number of ether oxygens (including phenoxy) is 2. The molecule has 0 saturated carbocycles. The molecule has 3 heterocycles. The highest BCUT2D eigenvalue weighted by molar-refractivity contribution is 7.89. The van der Waals surface area contributed by atoms with Gasteiger partial charge in [-0.1, -0.05) is 12.1 Å². The summed E-state index contributed by atoms with van der Waals surface area (Å²) in [6, 6.07) is 9.69. The molecule has 2 aliphatic heterocycles. The fourth-order valence-electron chi connectivity index (χ4n) is 4.67. The predicted octanol–water partition coefficient (Wildman–Crippen LogP) is 1.63. The molecule has 1 atom stereocenters. The molecule has 4 rings (SSSR count). The summed E-state index contributed by atoms with van der Waals surface area (Å²) >= 11 is 1.07. The molecule has 2 saturated heterocycles. The van der Waals surface area contributed by atoms with Crippen LogP contribution in [0.1, 0.15) is 28.1 Å². The summed E-state index contributed by atoms with van der Waals surface area (Å²) < 4.78 is 38.3. The highest BCUT2D eigenvalue weighted by Gasteiger charge is 2.32. The zero-order chi connectivity index (χ0) is 26.4. The van der Waals surface area contributed by atoms with Crippen molar-refractivity contribution < 1.29 is 27.5 Å². The first-order valence-corrected chi connectivity index (χ1v) is 14.7. The molecule has 12 heteroatoms. The van der Waals surface area contributed by atoms with Crippen molar-refractivity contribution in [1.82, 2.24) is 19.4 Å². The van der Waals surface area contributed by atoms with Gasteiger partial charge in [0.2, 0.25) is 15.9 Å². The smallest absolute Gasteiger partial charge is 0.349 e. The van der Waals surface area contributed by atoms with E-state index in [9.17, 15) is 18.0 Å².